The average Bonchev–Trinajstić information content (AvgIpc) is 2.14. The average molecular weight is 189 g/mol. The van der Waals surface area contributed by atoms with Crippen LogP contribution in [-0.4, -0.2) is 43.7 Å². The van der Waals surface area contributed by atoms with Gasteiger partial charge in [0.1, 0.15) is 5.97 Å². The van der Waals surface area contributed by atoms with Gasteiger partial charge in [-0.25, -0.2) is 0 Å². The molecule has 0 atom stereocenters. The number of carboxylic acids is 1. The summed E-state index contributed by atoms with van der Waals surface area (Å²) in [5.41, 5.74) is 0. The molecule has 0 aliphatic carbocycles. The van der Waals surface area contributed by atoms with E-state index >= 15 is 0 Å². The number of aliphatic carboxylic acids is 1. The van der Waals surface area contributed by atoms with Crippen molar-refractivity contribution in [1.82, 2.24) is 4.90 Å². The van der Waals surface area contributed by atoms with Gasteiger partial charge in [0.2, 0.25) is 0 Å². The van der Waals surface area contributed by atoms with Crippen LogP contribution in [0, 0.1) is 11.8 Å². The number of rotatable bonds is 2. The summed E-state index contributed by atoms with van der Waals surface area (Å²) in [5.74, 6) is 3.22. The Morgan fingerprint density at radius 1 is 1.43 bits per heavy atom. The first kappa shape index (κ1) is 13.5. The summed E-state index contributed by atoms with van der Waals surface area (Å²) in [6.45, 7) is 4.14. The molecule has 1 saturated heterocycles. The van der Waals surface area contributed by atoms with E-state index in [1.54, 1.807) is 0 Å². The Bertz CT molecular complexity index is 228. The molecule has 1 rings (SSSR count). The summed E-state index contributed by atoms with van der Waals surface area (Å²) in [6.07, 6.45) is 0.577. The van der Waals surface area contributed by atoms with E-state index < -0.39 is 5.97 Å². The molecule has 4 nitrogen and oxygen atoms in total. The van der Waals surface area contributed by atoms with E-state index in [1.165, 1.54) is 0 Å². The van der Waals surface area contributed by atoms with Crippen molar-refractivity contribution in [1.29, 1.82) is 0 Å². The molecule has 0 bridgehead atoms. The van der Waals surface area contributed by atoms with Gasteiger partial charge >= 0.3 is 18.9 Å². The first-order chi connectivity index (χ1) is 6.29. The minimum absolute atomic E-state index is 0. The van der Waals surface area contributed by atoms with Crippen LogP contribution >= 0.6 is 0 Å². The molecule has 1 aliphatic heterocycles. The third kappa shape index (κ3) is 6.07. The number of hydrogen-bond donors (Lipinski definition) is 0. The van der Waals surface area contributed by atoms with E-state index in [-0.39, 0.29) is 18.9 Å². The summed E-state index contributed by atoms with van der Waals surface area (Å²) in [5, 5.41) is 9.93. The molecule has 5 heteroatoms. The number of carboxylic acid groups (broad SMARTS) is 1. The van der Waals surface area contributed by atoms with E-state index in [0.717, 1.165) is 32.8 Å². The van der Waals surface area contributed by atoms with Gasteiger partial charge in [0.15, 0.2) is 0 Å². The van der Waals surface area contributed by atoms with Crippen LogP contribution in [0.5, 0.6) is 0 Å². The molecular formula is C9H12LiNO3. The van der Waals surface area contributed by atoms with Gasteiger partial charge in [-0.2, -0.15) is 0 Å². The topological polar surface area (TPSA) is 52.6 Å². The second-order valence-corrected chi connectivity index (χ2v) is 2.79. The van der Waals surface area contributed by atoms with Gasteiger partial charge in [0.05, 0.1) is 13.2 Å². The predicted molar refractivity (Wildman–Crippen MR) is 44.7 cm³/mol. The summed E-state index contributed by atoms with van der Waals surface area (Å²) in [6, 6.07) is 0. The van der Waals surface area contributed by atoms with E-state index in [4.69, 9.17) is 4.74 Å². The number of hydrogen-bond acceptors (Lipinski definition) is 4. The van der Waals surface area contributed by atoms with E-state index in [1.807, 2.05) is 5.92 Å². The molecule has 0 aromatic heterocycles. The first-order valence-electron chi connectivity index (χ1n) is 4.29. The molecule has 1 fully saturated rings. The second-order valence-electron chi connectivity index (χ2n) is 2.79. The van der Waals surface area contributed by atoms with Crippen LogP contribution in [0.25, 0.3) is 0 Å². The van der Waals surface area contributed by atoms with Crippen molar-refractivity contribution in [3.63, 3.8) is 0 Å². The molecule has 14 heavy (non-hydrogen) atoms. The van der Waals surface area contributed by atoms with Crippen LogP contribution < -0.4 is 24.0 Å². The van der Waals surface area contributed by atoms with Crippen molar-refractivity contribution in [2.45, 2.75) is 6.42 Å². The molecule has 1 aliphatic rings. The van der Waals surface area contributed by atoms with Gasteiger partial charge in [0, 0.05) is 26.1 Å². The van der Waals surface area contributed by atoms with Crippen molar-refractivity contribution in [3.8, 4) is 11.8 Å². The van der Waals surface area contributed by atoms with Crippen LogP contribution in [0.2, 0.25) is 0 Å². The zero-order chi connectivity index (χ0) is 9.52. The van der Waals surface area contributed by atoms with Gasteiger partial charge in [-0.1, -0.05) is 5.92 Å². The number of morpholine rings is 1. The minimum atomic E-state index is -1.30. The monoisotopic (exact) mass is 189 g/mol. The Kier molecular flexibility index (Phi) is 7.65. The largest absolute Gasteiger partial charge is 1.00 e. The normalized spacial score (nSPS) is 16.3. The summed E-state index contributed by atoms with van der Waals surface area (Å²) >= 11 is 0. The fraction of sp³-hybridized carbons (Fsp3) is 0.667. The predicted octanol–water partition coefficient (Wildman–Crippen LogP) is -4.53. The molecule has 1 heterocycles. The summed E-state index contributed by atoms with van der Waals surface area (Å²) in [7, 11) is 0. The molecule has 0 aromatic carbocycles. The SMILES string of the molecule is O=C([O-])C#CCCN1CCOCC1.[Li+]. The van der Waals surface area contributed by atoms with Crippen molar-refractivity contribution < 1.29 is 33.5 Å². The van der Waals surface area contributed by atoms with Gasteiger partial charge in [-0.05, 0) is 5.92 Å². The Morgan fingerprint density at radius 3 is 2.64 bits per heavy atom. The van der Waals surface area contributed by atoms with Crippen LogP contribution in [-0.2, 0) is 9.53 Å². The maximum atomic E-state index is 9.93. The van der Waals surface area contributed by atoms with E-state index in [2.05, 4.69) is 10.8 Å². The second kappa shape index (κ2) is 7.91. The number of carbonyl (C=O) groups excluding carboxylic acids is 1. The molecule has 0 unspecified atom stereocenters. The number of nitrogens with zero attached hydrogens (tertiary/aromatic N) is 1. The maximum absolute atomic E-state index is 9.93. The van der Waals surface area contributed by atoms with Gasteiger partial charge in [-0.15, -0.1) is 0 Å². The van der Waals surface area contributed by atoms with E-state index in [0.29, 0.717) is 6.42 Å². The van der Waals surface area contributed by atoms with Crippen molar-refractivity contribution in [3.05, 3.63) is 0 Å². The van der Waals surface area contributed by atoms with Crippen LogP contribution in [0.3, 0.4) is 0 Å². The Labute approximate surface area is 95.8 Å². The standard InChI is InChI=1S/C9H13NO3.Li/c11-9(12)3-1-2-4-10-5-7-13-8-6-10;/h2,4-8H2,(H,11,12);/q;+1/p-1. The molecule has 0 aromatic rings. The van der Waals surface area contributed by atoms with Gasteiger partial charge in [-0.3, -0.25) is 4.90 Å². The van der Waals surface area contributed by atoms with Crippen LogP contribution in [0.1, 0.15) is 6.42 Å². The zero-order valence-corrected chi connectivity index (χ0v) is 8.41. The van der Waals surface area contributed by atoms with Crippen LogP contribution in [0.4, 0.5) is 0 Å². The maximum Gasteiger partial charge on any atom is 1.00 e. The molecule has 0 N–H and O–H groups in total. The fourth-order valence-electron chi connectivity index (χ4n) is 1.17. The third-order valence-corrected chi connectivity index (χ3v) is 1.85. The summed E-state index contributed by atoms with van der Waals surface area (Å²) in [4.78, 5) is 12.1. The van der Waals surface area contributed by atoms with Gasteiger partial charge < -0.3 is 14.6 Å². The zero-order valence-electron chi connectivity index (χ0n) is 8.41. The molecule has 0 amide bonds. The van der Waals surface area contributed by atoms with Crippen molar-refractivity contribution in [2.75, 3.05) is 32.8 Å². The Morgan fingerprint density at radius 2 is 2.07 bits per heavy atom. The third-order valence-electron chi connectivity index (χ3n) is 1.85. The molecule has 72 valence electrons. The molecular weight excluding hydrogens is 177 g/mol. The van der Waals surface area contributed by atoms with Crippen molar-refractivity contribution >= 4 is 5.97 Å². The Balaban J connectivity index is 0.00000169. The number of ether oxygens (including phenoxy) is 1. The van der Waals surface area contributed by atoms with Crippen molar-refractivity contribution in [2.24, 2.45) is 0 Å². The van der Waals surface area contributed by atoms with E-state index in [9.17, 15) is 9.90 Å². The summed E-state index contributed by atoms with van der Waals surface area (Å²) < 4.78 is 5.16. The quantitative estimate of drug-likeness (QED) is 0.324. The number of carbonyl (C=O) groups is 1. The van der Waals surface area contributed by atoms with Gasteiger partial charge in [0.25, 0.3) is 0 Å². The molecule has 0 radical (unpaired) electrons. The molecule has 0 spiro atoms. The molecule has 0 saturated carbocycles. The smallest absolute Gasteiger partial charge is 0.537 e. The first-order valence-corrected chi connectivity index (χ1v) is 4.29. The Hall–Kier alpha value is -0.453. The fourth-order valence-corrected chi connectivity index (χ4v) is 1.17. The minimum Gasteiger partial charge on any atom is -0.537 e. The van der Waals surface area contributed by atoms with Crippen LogP contribution in [0.15, 0.2) is 0 Å².